The van der Waals surface area contributed by atoms with Crippen LogP contribution in [-0.2, 0) is 27.3 Å². The molecule has 0 saturated carbocycles. The smallest absolute Gasteiger partial charge is 0.319 e. The molecular formula is C32H34N4O5S2. The van der Waals surface area contributed by atoms with Gasteiger partial charge < -0.3 is 25.2 Å². The van der Waals surface area contributed by atoms with Gasteiger partial charge in [-0.2, -0.15) is 0 Å². The molecule has 0 aliphatic carbocycles. The number of aryl methyl sites for hydroxylation is 1. The highest BCUT2D eigenvalue weighted by molar-refractivity contribution is 8.01. The number of amides is 2. The fraction of sp³-hybridized carbons (Fsp3) is 0.312. The average Bonchev–Trinajstić information content (AvgIpc) is 3.45. The number of urea groups is 1. The number of thioether (sulfide) groups is 1. The van der Waals surface area contributed by atoms with Crippen LogP contribution in [0.3, 0.4) is 0 Å². The standard InChI is InChI=1S/C32H34N4O5S2/c1-20(38)28(15-22-7-4-3-5-8-22)34-31(39)33-26-10-6-9-25(16-26)30-40-27(19-42-32-36-35-21(2)43-32)17-29(41-30)24-13-11-23(18-37)12-14-24/h3-14,16,27-30,37H,15,17-19H2,1-2H3,(H2,33,34,39)/t27-,28+,29+,30?/m0/s1. The van der Waals surface area contributed by atoms with Crippen LogP contribution in [0.1, 0.15) is 53.0 Å². The second-order valence-corrected chi connectivity index (χ2v) is 12.8. The van der Waals surface area contributed by atoms with Crippen LogP contribution in [0.2, 0.25) is 0 Å². The van der Waals surface area contributed by atoms with Crippen LogP contribution in [-0.4, -0.2) is 45.0 Å². The lowest BCUT2D eigenvalue weighted by Gasteiger charge is -2.36. The van der Waals surface area contributed by atoms with E-state index in [0.29, 0.717) is 24.3 Å². The fourth-order valence-corrected chi connectivity index (χ4v) is 6.62. The average molecular weight is 619 g/mol. The predicted molar refractivity (Wildman–Crippen MR) is 167 cm³/mol. The number of hydrogen-bond acceptors (Lipinski definition) is 9. The molecule has 1 aromatic heterocycles. The monoisotopic (exact) mass is 618 g/mol. The number of rotatable bonds is 11. The SMILES string of the molecule is CC(=O)[C@@H](Cc1ccccc1)NC(=O)Nc1cccc(C2O[C@H](CSc3nnc(C)s3)C[C@H](c3ccc(CO)cc3)O2)c1. The van der Waals surface area contributed by atoms with E-state index in [0.717, 1.165) is 31.6 Å². The Morgan fingerprint density at radius 1 is 1.00 bits per heavy atom. The molecule has 0 radical (unpaired) electrons. The molecule has 9 nitrogen and oxygen atoms in total. The van der Waals surface area contributed by atoms with Gasteiger partial charge in [0.25, 0.3) is 0 Å². The van der Waals surface area contributed by atoms with Crippen molar-refractivity contribution in [2.24, 2.45) is 0 Å². The Kier molecular flexibility index (Phi) is 10.6. The molecule has 0 bridgehead atoms. The van der Waals surface area contributed by atoms with Crippen molar-refractivity contribution in [1.29, 1.82) is 0 Å². The number of carbonyl (C=O) groups is 2. The number of benzene rings is 3. The molecule has 0 spiro atoms. The van der Waals surface area contributed by atoms with Crippen LogP contribution in [0.15, 0.2) is 83.2 Å². The van der Waals surface area contributed by atoms with E-state index >= 15 is 0 Å². The van der Waals surface area contributed by atoms with Crippen molar-refractivity contribution in [2.45, 2.75) is 62.2 Å². The number of nitrogens with zero attached hydrogens (tertiary/aromatic N) is 2. The van der Waals surface area contributed by atoms with Crippen LogP contribution in [0.25, 0.3) is 0 Å². The molecule has 4 aromatic rings. The Morgan fingerprint density at radius 3 is 2.49 bits per heavy atom. The number of carbonyl (C=O) groups excluding carboxylic acids is 2. The molecule has 1 saturated heterocycles. The van der Waals surface area contributed by atoms with Crippen LogP contribution in [0, 0.1) is 6.92 Å². The number of aliphatic hydroxyl groups is 1. The largest absolute Gasteiger partial charge is 0.392 e. The highest BCUT2D eigenvalue weighted by Crippen LogP contribution is 2.40. The Morgan fingerprint density at radius 2 is 1.79 bits per heavy atom. The summed E-state index contributed by atoms with van der Waals surface area (Å²) in [5, 5.41) is 24.4. The van der Waals surface area contributed by atoms with Crippen molar-refractivity contribution in [3.63, 3.8) is 0 Å². The minimum atomic E-state index is -0.675. The van der Waals surface area contributed by atoms with Gasteiger partial charge >= 0.3 is 6.03 Å². The van der Waals surface area contributed by atoms with Gasteiger partial charge in [0, 0.05) is 23.4 Å². The van der Waals surface area contributed by atoms with Crippen LogP contribution < -0.4 is 10.6 Å². The summed E-state index contributed by atoms with van der Waals surface area (Å²) in [6, 6.07) is 23.5. The van der Waals surface area contributed by atoms with E-state index in [2.05, 4.69) is 20.8 Å². The van der Waals surface area contributed by atoms with Crippen LogP contribution >= 0.6 is 23.1 Å². The minimum Gasteiger partial charge on any atom is -0.392 e. The molecule has 5 rings (SSSR count). The predicted octanol–water partition coefficient (Wildman–Crippen LogP) is 6.00. The van der Waals surface area contributed by atoms with Crippen LogP contribution in [0.4, 0.5) is 10.5 Å². The number of aliphatic hydroxyl groups excluding tert-OH is 1. The molecular weight excluding hydrogens is 585 g/mol. The number of nitrogens with one attached hydrogen (secondary N) is 2. The maximum Gasteiger partial charge on any atom is 0.319 e. The lowest BCUT2D eigenvalue weighted by atomic mass is 10.0. The van der Waals surface area contributed by atoms with Crippen molar-refractivity contribution >= 4 is 40.6 Å². The Labute approximate surface area is 259 Å². The number of Topliss-reactive ketones (excluding diaryl/α,β-unsaturated/α-hetero) is 1. The van der Waals surface area contributed by atoms with Crippen molar-refractivity contribution in [1.82, 2.24) is 15.5 Å². The van der Waals surface area contributed by atoms with Crippen LogP contribution in [0.5, 0.6) is 0 Å². The molecule has 224 valence electrons. The first kappa shape index (κ1) is 30.8. The number of hydrogen-bond donors (Lipinski definition) is 3. The number of ether oxygens (including phenoxy) is 2. The highest BCUT2D eigenvalue weighted by Gasteiger charge is 2.32. The highest BCUT2D eigenvalue weighted by atomic mass is 32.2. The zero-order valence-electron chi connectivity index (χ0n) is 23.9. The van der Waals surface area contributed by atoms with Crippen molar-refractivity contribution in [2.75, 3.05) is 11.1 Å². The van der Waals surface area contributed by atoms with Gasteiger partial charge in [0.1, 0.15) is 5.01 Å². The third kappa shape index (κ3) is 8.71. The van der Waals surface area contributed by atoms with Gasteiger partial charge in [0.05, 0.1) is 24.9 Å². The summed E-state index contributed by atoms with van der Waals surface area (Å²) >= 11 is 3.16. The van der Waals surface area contributed by atoms with Gasteiger partial charge in [-0.25, -0.2) is 4.79 Å². The van der Waals surface area contributed by atoms with E-state index in [1.807, 2.05) is 79.7 Å². The first-order valence-electron chi connectivity index (χ1n) is 14.0. The van der Waals surface area contributed by atoms with Crippen molar-refractivity contribution in [3.05, 3.63) is 106 Å². The number of anilines is 1. The quantitative estimate of drug-likeness (QED) is 0.175. The van der Waals surface area contributed by atoms with E-state index in [9.17, 15) is 14.7 Å². The minimum absolute atomic E-state index is 0.0230. The molecule has 3 aromatic carbocycles. The zero-order chi connectivity index (χ0) is 30.2. The fourth-order valence-electron chi connectivity index (χ4n) is 4.76. The molecule has 1 aliphatic rings. The first-order valence-corrected chi connectivity index (χ1v) is 15.8. The Bertz CT molecular complexity index is 1520. The van der Waals surface area contributed by atoms with Gasteiger partial charge in [-0.05, 0) is 49.1 Å². The van der Waals surface area contributed by atoms with E-state index in [-0.39, 0.29) is 24.6 Å². The summed E-state index contributed by atoms with van der Waals surface area (Å²) in [4.78, 5) is 25.2. The van der Waals surface area contributed by atoms with E-state index in [4.69, 9.17) is 9.47 Å². The Balaban J connectivity index is 1.28. The molecule has 2 amide bonds. The maximum atomic E-state index is 12.9. The van der Waals surface area contributed by atoms with Gasteiger partial charge in [-0.3, -0.25) is 4.79 Å². The van der Waals surface area contributed by atoms with Gasteiger partial charge in [0.2, 0.25) is 0 Å². The summed E-state index contributed by atoms with van der Waals surface area (Å²) in [5.74, 6) is 0.552. The molecule has 1 aliphatic heterocycles. The molecule has 4 atom stereocenters. The van der Waals surface area contributed by atoms with Gasteiger partial charge in [-0.1, -0.05) is 89.8 Å². The maximum absolute atomic E-state index is 12.9. The number of aromatic nitrogens is 2. The van der Waals surface area contributed by atoms with Gasteiger partial charge in [0.15, 0.2) is 16.4 Å². The molecule has 1 unspecified atom stereocenters. The van der Waals surface area contributed by atoms with E-state index in [1.165, 1.54) is 6.92 Å². The first-order chi connectivity index (χ1) is 20.9. The molecule has 11 heteroatoms. The summed E-state index contributed by atoms with van der Waals surface area (Å²) < 4.78 is 13.8. The summed E-state index contributed by atoms with van der Waals surface area (Å²) in [5.41, 5.74) is 4.09. The third-order valence-electron chi connectivity index (χ3n) is 7.01. The molecule has 43 heavy (non-hydrogen) atoms. The Hall–Kier alpha value is -3.61. The molecule has 3 N–H and O–H groups in total. The van der Waals surface area contributed by atoms with Crippen molar-refractivity contribution in [3.8, 4) is 0 Å². The third-order valence-corrected chi connectivity index (χ3v) is 9.11. The molecule has 1 fully saturated rings. The lowest BCUT2D eigenvalue weighted by Crippen LogP contribution is -2.43. The van der Waals surface area contributed by atoms with Gasteiger partial charge in [-0.15, -0.1) is 10.2 Å². The van der Waals surface area contributed by atoms with E-state index < -0.39 is 18.4 Å². The molecule has 2 heterocycles. The number of ketones is 1. The second kappa shape index (κ2) is 14.7. The normalized spacial score (nSPS) is 19.0. The summed E-state index contributed by atoms with van der Waals surface area (Å²) in [6.07, 6.45) is 0.0101. The second-order valence-electron chi connectivity index (χ2n) is 10.3. The zero-order valence-corrected chi connectivity index (χ0v) is 25.6. The summed E-state index contributed by atoms with van der Waals surface area (Å²) in [6.45, 7) is 3.38. The lowest BCUT2D eigenvalue weighted by molar-refractivity contribution is -0.245. The van der Waals surface area contributed by atoms with Crippen molar-refractivity contribution < 1.29 is 24.2 Å². The topological polar surface area (TPSA) is 123 Å². The summed E-state index contributed by atoms with van der Waals surface area (Å²) in [7, 11) is 0. The van der Waals surface area contributed by atoms with E-state index in [1.54, 1.807) is 29.2 Å².